The van der Waals surface area contributed by atoms with Crippen molar-refractivity contribution in [3.05, 3.63) is 10.5 Å². The van der Waals surface area contributed by atoms with E-state index in [9.17, 15) is 0 Å². The predicted octanol–water partition coefficient (Wildman–Crippen LogP) is 3.64. The van der Waals surface area contributed by atoms with E-state index in [-0.39, 0.29) is 0 Å². The number of nitrogens with zero attached hydrogens (tertiary/aromatic N) is 1. The minimum absolute atomic E-state index is 0.581. The molecule has 0 unspecified atom stereocenters. The maximum absolute atomic E-state index is 5.70. The van der Waals surface area contributed by atoms with Gasteiger partial charge < -0.3 is 5.32 Å². The molecule has 0 aromatic carbocycles. The second-order valence-electron chi connectivity index (χ2n) is 3.04. The Morgan fingerprint density at radius 3 is 2.69 bits per heavy atom. The second kappa shape index (κ2) is 5.45. The molecule has 0 atom stereocenters. The monoisotopic (exact) mass is 218 g/mol. The summed E-state index contributed by atoms with van der Waals surface area (Å²) in [5.74, 6) is 0.739. The molecule has 0 saturated carbocycles. The van der Waals surface area contributed by atoms with E-state index in [1.165, 1.54) is 12.8 Å². The fourth-order valence-corrected chi connectivity index (χ4v) is 1.99. The Hall–Kier alpha value is -0.280. The molecule has 13 heavy (non-hydrogen) atoms. The van der Waals surface area contributed by atoms with E-state index in [2.05, 4.69) is 24.1 Å². The second-order valence-corrected chi connectivity index (χ2v) is 4.28. The van der Waals surface area contributed by atoms with Gasteiger partial charge in [0.2, 0.25) is 0 Å². The zero-order valence-electron chi connectivity index (χ0n) is 8.01. The third-order valence-electron chi connectivity index (χ3n) is 2.17. The van der Waals surface area contributed by atoms with Crippen LogP contribution in [-0.2, 0) is 0 Å². The Bertz CT molecular complexity index is 246. The van der Waals surface area contributed by atoms with Crippen LogP contribution in [0.15, 0.2) is 5.38 Å². The van der Waals surface area contributed by atoms with Crippen LogP contribution in [0, 0.1) is 5.92 Å². The summed E-state index contributed by atoms with van der Waals surface area (Å²) < 4.78 is 0. The van der Waals surface area contributed by atoms with Gasteiger partial charge in [-0.1, -0.05) is 38.3 Å². The quantitative estimate of drug-likeness (QED) is 0.816. The van der Waals surface area contributed by atoms with E-state index >= 15 is 0 Å². The van der Waals surface area contributed by atoms with Gasteiger partial charge in [0, 0.05) is 11.9 Å². The lowest BCUT2D eigenvalue weighted by Crippen LogP contribution is -2.12. The van der Waals surface area contributed by atoms with E-state index in [4.69, 9.17) is 11.6 Å². The van der Waals surface area contributed by atoms with Crippen molar-refractivity contribution < 1.29 is 0 Å². The van der Waals surface area contributed by atoms with Gasteiger partial charge in [0.15, 0.2) is 5.13 Å². The molecule has 1 aromatic heterocycles. The number of hydrogen-bond acceptors (Lipinski definition) is 3. The van der Waals surface area contributed by atoms with E-state index in [1.54, 1.807) is 11.3 Å². The topological polar surface area (TPSA) is 24.9 Å². The van der Waals surface area contributed by atoms with Crippen molar-refractivity contribution in [3.63, 3.8) is 0 Å². The van der Waals surface area contributed by atoms with Crippen LogP contribution in [0.25, 0.3) is 0 Å². The lowest BCUT2D eigenvalue weighted by molar-refractivity contribution is 0.519. The summed E-state index contributed by atoms with van der Waals surface area (Å²) in [5, 5.41) is 6.64. The van der Waals surface area contributed by atoms with Gasteiger partial charge in [0.1, 0.15) is 5.15 Å². The lowest BCUT2D eigenvalue weighted by Gasteiger charge is -2.11. The molecule has 74 valence electrons. The molecule has 1 aromatic rings. The highest BCUT2D eigenvalue weighted by molar-refractivity contribution is 7.14. The van der Waals surface area contributed by atoms with Crippen molar-refractivity contribution in [2.24, 2.45) is 5.92 Å². The first kappa shape index (κ1) is 10.8. The number of rotatable bonds is 5. The third-order valence-corrected chi connectivity index (χ3v) is 3.30. The van der Waals surface area contributed by atoms with Crippen LogP contribution in [0.2, 0.25) is 5.15 Å². The van der Waals surface area contributed by atoms with Crippen molar-refractivity contribution in [1.29, 1.82) is 0 Å². The van der Waals surface area contributed by atoms with E-state index in [0.717, 1.165) is 17.6 Å². The Morgan fingerprint density at radius 2 is 2.23 bits per heavy atom. The largest absolute Gasteiger partial charge is 0.361 e. The maximum atomic E-state index is 5.70. The third kappa shape index (κ3) is 3.53. The first-order valence-corrected chi connectivity index (χ1v) is 5.86. The summed E-state index contributed by atoms with van der Waals surface area (Å²) in [5.41, 5.74) is 0. The van der Waals surface area contributed by atoms with Gasteiger partial charge in [-0.05, 0) is 5.92 Å². The molecule has 0 amide bonds. The minimum atomic E-state index is 0.581. The van der Waals surface area contributed by atoms with Crippen molar-refractivity contribution in [2.45, 2.75) is 26.7 Å². The smallest absolute Gasteiger partial charge is 0.184 e. The maximum Gasteiger partial charge on any atom is 0.184 e. The molecule has 4 heteroatoms. The molecular formula is C9H15ClN2S. The van der Waals surface area contributed by atoms with Gasteiger partial charge in [0.05, 0.1) is 0 Å². The average molecular weight is 219 g/mol. The highest BCUT2D eigenvalue weighted by Crippen LogP contribution is 2.19. The fraction of sp³-hybridized carbons (Fsp3) is 0.667. The Balaban J connectivity index is 2.33. The first-order chi connectivity index (χ1) is 6.26. The Kier molecular flexibility index (Phi) is 4.53. The number of hydrogen-bond donors (Lipinski definition) is 1. The molecule has 1 rings (SSSR count). The van der Waals surface area contributed by atoms with E-state index in [1.807, 2.05) is 5.38 Å². The van der Waals surface area contributed by atoms with Gasteiger partial charge in [-0.3, -0.25) is 0 Å². The highest BCUT2D eigenvalue weighted by Gasteiger charge is 2.04. The summed E-state index contributed by atoms with van der Waals surface area (Å²) in [4.78, 5) is 4.12. The van der Waals surface area contributed by atoms with Crippen LogP contribution in [0.3, 0.4) is 0 Å². The van der Waals surface area contributed by atoms with Gasteiger partial charge in [-0.15, -0.1) is 11.3 Å². The summed E-state index contributed by atoms with van der Waals surface area (Å²) >= 11 is 7.26. The molecule has 0 spiro atoms. The summed E-state index contributed by atoms with van der Waals surface area (Å²) in [6.45, 7) is 5.42. The van der Waals surface area contributed by atoms with Gasteiger partial charge >= 0.3 is 0 Å². The van der Waals surface area contributed by atoms with Crippen molar-refractivity contribution in [1.82, 2.24) is 4.98 Å². The molecule has 1 heterocycles. The number of halogens is 1. The van der Waals surface area contributed by atoms with Gasteiger partial charge in [-0.25, -0.2) is 4.98 Å². The van der Waals surface area contributed by atoms with E-state index < -0.39 is 0 Å². The highest BCUT2D eigenvalue weighted by atomic mass is 35.5. The summed E-state index contributed by atoms with van der Waals surface area (Å²) in [6, 6.07) is 0. The van der Waals surface area contributed by atoms with E-state index in [0.29, 0.717) is 5.15 Å². The molecule has 0 saturated heterocycles. The fourth-order valence-electron chi connectivity index (χ4n) is 1.14. The summed E-state index contributed by atoms with van der Waals surface area (Å²) in [6.07, 6.45) is 2.42. The first-order valence-electron chi connectivity index (χ1n) is 4.61. The van der Waals surface area contributed by atoms with Gasteiger partial charge in [-0.2, -0.15) is 0 Å². The minimum Gasteiger partial charge on any atom is -0.361 e. The number of anilines is 1. The molecule has 0 bridgehead atoms. The number of nitrogens with one attached hydrogen (secondary N) is 1. The van der Waals surface area contributed by atoms with Crippen LogP contribution in [0.4, 0.5) is 5.13 Å². The molecule has 1 N–H and O–H groups in total. The van der Waals surface area contributed by atoms with Crippen LogP contribution in [0.5, 0.6) is 0 Å². The molecule has 0 aliphatic carbocycles. The number of thiazole rings is 1. The van der Waals surface area contributed by atoms with Crippen LogP contribution in [0.1, 0.15) is 26.7 Å². The molecule has 2 nitrogen and oxygen atoms in total. The standard InChI is InChI=1S/C9H15ClN2S/c1-3-7(4-2)5-11-9-12-8(10)6-13-9/h6-7H,3-5H2,1-2H3,(H,11,12). The Morgan fingerprint density at radius 1 is 1.54 bits per heavy atom. The molecule has 0 aliphatic heterocycles. The van der Waals surface area contributed by atoms with Crippen LogP contribution < -0.4 is 5.32 Å². The zero-order valence-corrected chi connectivity index (χ0v) is 9.58. The predicted molar refractivity (Wildman–Crippen MR) is 59.7 cm³/mol. The molecule has 0 fully saturated rings. The molecule has 0 radical (unpaired) electrons. The van der Waals surface area contributed by atoms with Crippen molar-refractivity contribution in [2.75, 3.05) is 11.9 Å². The normalized spacial score (nSPS) is 10.8. The Labute approximate surface area is 88.3 Å². The SMILES string of the molecule is CCC(CC)CNc1nc(Cl)cs1. The zero-order chi connectivity index (χ0) is 9.68. The van der Waals surface area contributed by atoms with Crippen molar-refractivity contribution in [3.8, 4) is 0 Å². The average Bonchev–Trinajstić information content (AvgIpc) is 2.53. The molecular weight excluding hydrogens is 204 g/mol. The number of aromatic nitrogens is 1. The molecule has 0 aliphatic rings. The lowest BCUT2D eigenvalue weighted by atomic mass is 10.0. The summed E-state index contributed by atoms with van der Waals surface area (Å²) in [7, 11) is 0. The van der Waals surface area contributed by atoms with Crippen LogP contribution in [-0.4, -0.2) is 11.5 Å². The van der Waals surface area contributed by atoms with Gasteiger partial charge in [0.25, 0.3) is 0 Å². The van der Waals surface area contributed by atoms with Crippen LogP contribution >= 0.6 is 22.9 Å². The van der Waals surface area contributed by atoms with Crippen molar-refractivity contribution >= 4 is 28.1 Å².